The molecular weight excluding hydrogens is 180 g/mol. The summed E-state index contributed by atoms with van der Waals surface area (Å²) in [4.78, 5) is 3.74. The number of rotatable bonds is 0. The molecule has 0 unspecified atom stereocenters. The van der Waals surface area contributed by atoms with Gasteiger partial charge in [0.25, 0.3) is 0 Å². The fraction of sp³-hybridized carbons (Fsp3) is 0. The monoisotopic (exact) mass is 188 g/mol. The van der Waals surface area contributed by atoms with E-state index in [-0.39, 0.29) is 66.0 Å². The standard InChI is InChI=1S/C3H3NS.BH2O2.K.H2O.H/c1-2-5-3-4-1;2-1-3;;;/h1-3H;2-3H;;1H2;/q;;+1;;-1. The van der Waals surface area contributed by atoms with Crippen molar-refractivity contribution in [3.63, 3.8) is 0 Å². The summed E-state index contributed by atoms with van der Waals surface area (Å²) in [6, 6.07) is 0. The van der Waals surface area contributed by atoms with Gasteiger partial charge in [0.2, 0.25) is 0 Å². The summed E-state index contributed by atoms with van der Waals surface area (Å²) in [5.74, 6) is 0. The third-order valence-corrected chi connectivity index (χ3v) is 0.869. The minimum absolute atomic E-state index is 0. The molecule has 0 saturated heterocycles. The summed E-state index contributed by atoms with van der Waals surface area (Å²) in [6.45, 7) is 0. The minimum Gasteiger partial charge on any atom is -1.00 e. The molecule has 4 nitrogen and oxygen atoms in total. The van der Waals surface area contributed by atoms with Crippen molar-refractivity contribution in [2.24, 2.45) is 0 Å². The molecule has 0 aromatic carbocycles. The van der Waals surface area contributed by atoms with Crippen molar-refractivity contribution in [2.45, 2.75) is 0 Å². The normalized spacial score (nSPS) is 5.40. The first-order valence-corrected chi connectivity index (χ1v) is 2.78. The smallest absolute Gasteiger partial charge is 1.00 e. The molecule has 0 aliphatic carbocycles. The van der Waals surface area contributed by atoms with Gasteiger partial charge >= 0.3 is 59.1 Å². The zero-order valence-corrected chi connectivity index (χ0v) is 9.50. The second-order valence-corrected chi connectivity index (χ2v) is 1.55. The van der Waals surface area contributed by atoms with Crippen molar-refractivity contribution in [3.05, 3.63) is 17.1 Å². The molecule has 53 valence electrons. The number of hydrogen-bond donors (Lipinski definition) is 2. The van der Waals surface area contributed by atoms with Crippen LogP contribution in [0.1, 0.15) is 1.43 Å². The van der Waals surface area contributed by atoms with Crippen LogP contribution in [0.25, 0.3) is 0 Å². The van der Waals surface area contributed by atoms with Crippen LogP contribution in [0.15, 0.2) is 17.1 Å². The Morgan fingerprint density at radius 2 is 2.00 bits per heavy atom. The van der Waals surface area contributed by atoms with E-state index in [1.54, 1.807) is 23.0 Å². The van der Waals surface area contributed by atoms with Gasteiger partial charge in [0.15, 0.2) is 0 Å². The third-order valence-electron chi connectivity index (χ3n) is 0.347. The molecule has 0 amide bonds. The van der Waals surface area contributed by atoms with Gasteiger partial charge in [0, 0.05) is 11.6 Å². The van der Waals surface area contributed by atoms with Gasteiger partial charge in [-0.2, -0.15) is 0 Å². The predicted octanol–water partition coefficient (Wildman–Crippen LogP) is -4.06. The first-order valence-electron chi connectivity index (χ1n) is 1.84. The van der Waals surface area contributed by atoms with Crippen LogP contribution in [-0.4, -0.2) is 28.2 Å². The number of aromatic nitrogens is 1. The van der Waals surface area contributed by atoms with Crippen molar-refractivity contribution in [3.8, 4) is 0 Å². The van der Waals surface area contributed by atoms with E-state index in [1.165, 1.54) is 0 Å². The summed E-state index contributed by atoms with van der Waals surface area (Å²) < 4.78 is 0. The van der Waals surface area contributed by atoms with Crippen LogP contribution in [-0.2, 0) is 0 Å². The first-order chi connectivity index (χ1) is 3.91. The van der Waals surface area contributed by atoms with Gasteiger partial charge in [-0.3, -0.25) is 4.98 Å². The largest absolute Gasteiger partial charge is 1.00 e. The summed E-state index contributed by atoms with van der Waals surface area (Å²) in [6.07, 6.45) is 1.77. The number of thiazole rings is 1. The minimum atomic E-state index is 0. The Morgan fingerprint density at radius 3 is 2.10 bits per heavy atom. The van der Waals surface area contributed by atoms with E-state index in [1.807, 2.05) is 5.38 Å². The maximum Gasteiger partial charge on any atom is 1.00 e. The Kier molecular flexibility index (Phi) is 28.9. The van der Waals surface area contributed by atoms with E-state index in [9.17, 15) is 0 Å². The summed E-state index contributed by atoms with van der Waals surface area (Å²) in [7, 11) is 0. The Labute approximate surface area is 108 Å². The molecule has 1 rings (SSSR count). The second kappa shape index (κ2) is 16.7. The van der Waals surface area contributed by atoms with Gasteiger partial charge in [-0.15, -0.1) is 11.3 Å². The zero-order chi connectivity index (χ0) is 6.24. The van der Waals surface area contributed by atoms with E-state index < -0.39 is 0 Å². The number of nitrogens with zero attached hydrogens (tertiary/aromatic N) is 1. The van der Waals surface area contributed by atoms with Crippen LogP contribution in [0, 0.1) is 0 Å². The van der Waals surface area contributed by atoms with Crippen LogP contribution in [0.2, 0.25) is 0 Å². The molecule has 1 aromatic rings. The van der Waals surface area contributed by atoms with Crippen LogP contribution in [0.4, 0.5) is 0 Å². The van der Waals surface area contributed by atoms with Crippen molar-refractivity contribution in [2.75, 3.05) is 0 Å². The Morgan fingerprint density at radius 1 is 1.50 bits per heavy atom. The molecule has 1 aromatic heterocycles. The molecule has 7 heteroatoms. The summed E-state index contributed by atoms with van der Waals surface area (Å²) in [5.41, 5.74) is 1.79. The Bertz CT molecular complexity index is 95.5. The van der Waals surface area contributed by atoms with E-state index in [0.29, 0.717) is 0 Å². The van der Waals surface area contributed by atoms with Crippen LogP contribution < -0.4 is 51.4 Å². The van der Waals surface area contributed by atoms with Crippen molar-refractivity contribution in [1.29, 1.82) is 0 Å². The van der Waals surface area contributed by atoms with Gasteiger partial charge in [0.05, 0.1) is 5.51 Å². The first kappa shape index (κ1) is 17.3. The van der Waals surface area contributed by atoms with Gasteiger partial charge in [0.1, 0.15) is 0 Å². The van der Waals surface area contributed by atoms with E-state index in [0.717, 1.165) is 0 Å². The van der Waals surface area contributed by atoms with Crippen molar-refractivity contribution in [1.82, 2.24) is 4.98 Å². The Hall–Kier alpha value is 1.21. The van der Waals surface area contributed by atoms with Crippen molar-refractivity contribution >= 4 is 19.0 Å². The molecule has 1 heterocycles. The van der Waals surface area contributed by atoms with Crippen LogP contribution >= 0.6 is 11.3 Å². The van der Waals surface area contributed by atoms with Crippen molar-refractivity contribution < 1.29 is 68.3 Å². The maximum absolute atomic E-state index is 7.00. The van der Waals surface area contributed by atoms with E-state index >= 15 is 0 Å². The van der Waals surface area contributed by atoms with Gasteiger partial charge in [-0.05, 0) is 0 Å². The molecule has 0 aliphatic heterocycles. The average Bonchev–Trinajstić information content (AvgIpc) is 2.17. The molecule has 1 radical (unpaired) electrons. The fourth-order valence-electron chi connectivity index (χ4n) is 0.176. The Balaban J connectivity index is -0.0000000379. The molecule has 10 heavy (non-hydrogen) atoms. The van der Waals surface area contributed by atoms with Crippen LogP contribution in [0.5, 0.6) is 0 Å². The fourth-order valence-corrected chi connectivity index (χ4v) is 0.527. The summed E-state index contributed by atoms with van der Waals surface area (Å²) in [5, 5.41) is 15.9. The van der Waals surface area contributed by atoms with Gasteiger partial charge < -0.3 is 17.0 Å². The topological polar surface area (TPSA) is 84.9 Å². The molecule has 0 atom stereocenters. The molecule has 0 aliphatic rings. The molecule has 0 spiro atoms. The average molecular weight is 188 g/mol. The SMILES string of the molecule is O.O[B]O.[H-].[K+].c1cscn1. The molecule has 0 saturated carbocycles. The molecule has 0 fully saturated rings. The zero-order valence-electron chi connectivity index (χ0n) is 6.56. The molecule has 0 bridgehead atoms. The second-order valence-electron chi connectivity index (χ2n) is 0.791. The predicted molar refractivity (Wildman–Crippen MR) is 37.0 cm³/mol. The summed E-state index contributed by atoms with van der Waals surface area (Å²) >= 11 is 1.60. The van der Waals surface area contributed by atoms with E-state index in [4.69, 9.17) is 10.0 Å². The number of hydrogen-bond acceptors (Lipinski definition) is 4. The van der Waals surface area contributed by atoms with Gasteiger partial charge in [-0.1, -0.05) is 0 Å². The quantitative estimate of drug-likeness (QED) is 0.406. The maximum atomic E-state index is 7.00. The molecular formula is C3H8BKNO3S. The van der Waals surface area contributed by atoms with E-state index in [2.05, 4.69) is 4.98 Å². The molecule has 4 N–H and O–H groups in total. The third kappa shape index (κ3) is 16.1. The van der Waals surface area contributed by atoms with Crippen LogP contribution in [0.3, 0.4) is 0 Å². The van der Waals surface area contributed by atoms with Gasteiger partial charge in [-0.25, -0.2) is 0 Å².